The van der Waals surface area contributed by atoms with Crippen LogP contribution in [0.1, 0.15) is 43.4 Å². The number of fused-ring (bicyclic) bond motifs is 1. The van der Waals surface area contributed by atoms with Crippen LogP contribution in [-0.2, 0) is 10.2 Å². The zero-order valence-corrected chi connectivity index (χ0v) is 12.1. The Hall–Kier alpha value is -1.05. The smallest absolute Gasteiger partial charge is 0.234 e. The van der Waals surface area contributed by atoms with Crippen LogP contribution in [0.4, 0.5) is 0 Å². The maximum Gasteiger partial charge on any atom is 0.234 e. The van der Waals surface area contributed by atoms with E-state index in [2.05, 4.69) is 24.0 Å². The summed E-state index contributed by atoms with van der Waals surface area (Å²) >= 11 is 1.61. The molecule has 2 N–H and O–H groups in total. The molecule has 0 aromatic carbocycles. The molecule has 19 heavy (non-hydrogen) atoms. The fourth-order valence-corrected chi connectivity index (χ4v) is 3.58. The van der Waals surface area contributed by atoms with Crippen molar-refractivity contribution in [3.8, 4) is 0 Å². The van der Waals surface area contributed by atoms with Gasteiger partial charge in [-0.25, -0.2) is 0 Å². The van der Waals surface area contributed by atoms with Crippen molar-refractivity contribution in [2.45, 2.75) is 38.0 Å². The molecule has 2 aromatic rings. The molecule has 0 bridgehead atoms. The van der Waals surface area contributed by atoms with Crippen LogP contribution in [0.25, 0.3) is 4.96 Å². The van der Waals surface area contributed by atoms with Gasteiger partial charge in [-0.2, -0.15) is 9.61 Å². The van der Waals surface area contributed by atoms with Crippen LogP contribution in [-0.4, -0.2) is 39.6 Å². The average Bonchev–Trinajstić information content (AvgIpc) is 2.99. The minimum absolute atomic E-state index is 0.0438. The fourth-order valence-electron chi connectivity index (χ4n) is 2.47. The third-order valence-corrected chi connectivity index (χ3v) is 4.97. The summed E-state index contributed by atoms with van der Waals surface area (Å²) < 4.78 is 7.32. The summed E-state index contributed by atoms with van der Waals surface area (Å²) in [6.07, 6.45) is 1.87. The van der Waals surface area contributed by atoms with E-state index in [9.17, 15) is 0 Å². The molecule has 0 unspecified atom stereocenters. The monoisotopic (exact) mass is 281 g/mol. The number of ether oxygens (including phenoxy) is 1. The van der Waals surface area contributed by atoms with E-state index in [4.69, 9.17) is 15.6 Å². The first-order chi connectivity index (χ1) is 9.16. The van der Waals surface area contributed by atoms with E-state index >= 15 is 0 Å². The Morgan fingerprint density at radius 1 is 1.37 bits per heavy atom. The lowest BCUT2D eigenvalue weighted by Gasteiger charge is -2.33. The summed E-state index contributed by atoms with van der Waals surface area (Å²) in [6, 6.07) is 0. The maximum atomic E-state index is 6.02. The molecular weight excluding hydrogens is 262 g/mol. The first kappa shape index (κ1) is 13.0. The number of rotatable bonds is 3. The van der Waals surface area contributed by atoms with Crippen LogP contribution < -0.4 is 5.73 Å². The third kappa shape index (κ3) is 2.05. The van der Waals surface area contributed by atoms with Gasteiger partial charge in [0.15, 0.2) is 5.82 Å². The lowest BCUT2D eigenvalue weighted by molar-refractivity contribution is 0.0525. The molecular formula is C12H19N5OS. The summed E-state index contributed by atoms with van der Waals surface area (Å²) in [5, 5.41) is 14.2. The Morgan fingerprint density at radius 3 is 2.74 bits per heavy atom. The second kappa shape index (κ2) is 4.81. The summed E-state index contributed by atoms with van der Waals surface area (Å²) in [5.74, 6) is 1.23. The summed E-state index contributed by atoms with van der Waals surface area (Å²) in [4.78, 5) is 0.859. The molecule has 7 heteroatoms. The number of hydrogen-bond donors (Lipinski definition) is 1. The van der Waals surface area contributed by atoms with E-state index in [0.717, 1.165) is 41.8 Å². The Morgan fingerprint density at radius 2 is 2.11 bits per heavy atom. The fraction of sp³-hybridized carbons (Fsp3) is 0.750. The van der Waals surface area contributed by atoms with E-state index in [1.54, 1.807) is 11.3 Å². The third-order valence-electron chi connectivity index (χ3n) is 3.83. The van der Waals surface area contributed by atoms with Gasteiger partial charge in [-0.3, -0.25) is 0 Å². The number of aromatic nitrogens is 4. The van der Waals surface area contributed by atoms with Gasteiger partial charge in [0.05, 0.1) is 0 Å². The summed E-state index contributed by atoms with van der Waals surface area (Å²) in [7, 11) is 0. The SMILES string of the molecule is CC(C)c1nnc2sc(C3(CN)CCOCC3)nn12. The van der Waals surface area contributed by atoms with Crippen molar-refractivity contribution in [2.24, 2.45) is 5.73 Å². The molecule has 0 amide bonds. The summed E-state index contributed by atoms with van der Waals surface area (Å²) in [5.41, 5.74) is 5.98. The van der Waals surface area contributed by atoms with Gasteiger partial charge in [0.25, 0.3) is 0 Å². The lowest BCUT2D eigenvalue weighted by atomic mass is 9.81. The van der Waals surface area contributed by atoms with Gasteiger partial charge >= 0.3 is 0 Å². The largest absolute Gasteiger partial charge is 0.381 e. The molecule has 0 saturated carbocycles. The van der Waals surface area contributed by atoms with Gasteiger partial charge in [0, 0.05) is 31.1 Å². The van der Waals surface area contributed by atoms with E-state index in [1.165, 1.54) is 0 Å². The predicted molar refractivity (Wildman–Crippen MR) is 73.5 cm³/mol. The lowest BCUT2D eigenvalue weighted by Crippen LogP contribution is -2.40. The molecule has 104 valence electrons. The molecule has 1 saturated heterocycles. The Labute approximate surface area is 116 Å². The van der Waals surface area contributed by atoms with E-state index in [1.807, 2.05) is 4.52 Å². The maximum absolute atomic E-state index is 6.02. The second-order valence-electron chi connectivity index (χ2n) is 5.41. The molecule has 3 rings (SSSR count). The first-order valence-electron chi connectivity index (χ1n) is 6.67. The highest BCUT2D eigenvalue weighted by molar-refractivity contribution is 7.16. The van der Waals surface area contributed by atoms with Gasteiger partial charge in [-0.05, 0) is 12.8 Å². The quantitative estimate of drug-likeness (QED) is 0.918. The highest BCUT2D eigenvalue weighted by Crippen LogP contribution is 2.36. The molecule has 0 atom stereocenters. The van der Waals surface area contributed by atoms with Crippen LogP contribution in [0.15, 0.2) is 0 Å². The van der Waals surface area contributed by atoms with Crippen molar-refractivity contribution in [3.63, 3.8) is 0 Å². The van der Waals surface area contributed by atoms with Crippen LogP contribution in [0.5, 0.6) is 0 Å². The average molecular weight is 281 g/mol. The molecule has 3 heterocycles. The summed E-state index contributed by atoms with van der Waals surface area (Å²) in [6.45, 7) is 6.32. The molecule has 1 aliphatic heterocycles. The highest BCUT2D eigenvalue weighted by atomic mass is 32.1. The number of nitrogens with two attached hydrogens (primary N) is 1. The van der Waals surface area contributed by atoms with Gasteiger partial charge in [0.1, 0.15) is 5.01 Å². The minimum atomic E-state index is -0.0438. The van der Waals surface area contributed by atoms with Crippen molar-refractivity contribution in [1.29, 1.82) is 0 Å². The van der Waals surface area contributed by atoms with Crippen molar-refractivity contribution in [3.05, 3.63) is 10.8 Å². The van der Waals surface area contributed by atoms with Crippen LogP contribution in [0.3, 0.4) is 0 Å². The van der Waals surface area contributed by atoms with Crippen LogP contribution >= 0.6 is 11.3 Å². The molecule has 2 aromatic heterocycles. The Kier molecular flexibility index (Phi) is 3.28. The van der Waals surface area contributed by atoms with Gasteiger partial charge in [0.2, 0.25) is 4.96 Å². The molecule has 6 nitrogen and oxygen atoms in total. The molecule has 0 aliphatic carbocycles. The van der Waals surface area contributed by atoms with Gasteiger partial charge in [-0.15, -0.1) is 10.2 Å². The Bertz CT molecular complexity index is 570. The minimum Gasteiger partial charge on any atom is -0.381 e. The molecule has 0 radical (unpaired) electrons. The predicted octanol–water partition coefficient (Wildman–Crippen LogP) is 1.32. The zero-order chi connectivity index (χ0) is 13.5. The first-order valence-corrected chi connectivity index (χ1v) is 7.48. The van der Waals surface area contributed by atoms with Crippen molar-refractivity contribution in [1.82, 2.24) is 19.8 Å². The number of nitrogens with zero attached hydrogens (tertiary/aromatic N) is 4. The highest BCUT2D eigenvalue weighted by Gasteiger charge is 2.37. The standard InChI is InChI=1S/C12H19N5OS/c1-8(2)9-14-15-11-17(9)16-10(19-11)12(7-13)3-5-18-6-4-12/h8H,3-7,13H2,1-2H3. The topological polar surface area (TPSA) is 78.3 Å². The van der Waals surface area contributed by atoms with E-state index in [0.29, 0.717) is 12.5 Å². The zero-order valence-electron chi connectivity index (χ0n) is 11.3. The molecule has 1 aliphatic rings. The van der Waals surface area contributed by atoms with Crippen molar-refractivity contribution >= 4 is 16.3 Å². The van der Waals surface area contributed by atoms with Gasteiger partial charge in [-0.1, -0.05) is 25.2 Å². The number of hydrogen-bond acceptors (Lipinski definition) is 6. The normalized spacial score (nSPS) is 19.4. The van der Waals surface area contributed by atoms with Crippen molar-refractivity contribution in [2.75, 3.05) is 19.8 Å². The van der Waals surface area contributed by atoms with E-state index in [-0.39, 0.29) is 5.41 Å². The second-order valence-corrected chi connectivity index (χ2v) is 6.37. The van der Waals surface area contributed by atoms with E-state index < -0.39 is 0 Å². The van der Waals surface area contributed by atoms with Gasteiger partial charge < -0.3 is 10.5 Å². The molecule has 0 spiro atoms. The van der Waals surface area contributed by atoms with Crippen LogP contribution in [0.2, 0.25) is 0 Å². The Balaban J connectivity index is 2.04. The van der Waals surface area contributed by atoms with Crippen molar-refractivity contribution < 1.29 is 4.74 Å². The van der Waals surface area contributed by atoms with Crippen LogP contribution in [0, 0.1) is 0 Å². The molecule has 1 fully saturated rings.